The van der Waals surface area contributed by atoms with E-state index in [1.807, 2.05) is 31.2 Å². The van der Waals surface area contributed by atoms with E-state index >= 15 is 0 Å². The molecule has 0 saturated carbocycles. The summed E-state index contributed by atoms with van der Waals surface area (Å²) in [6.45, 7) is 1.94. The van der Waals surface area contributed by atoms with Gasteiger partial charge in [-0.2, -0.15) is 4.80 Å². The number of aryl methyl sites for hydroxylation is 1. The number of amides is 1. The van der Waals surface area contributed by atoms with Crippen molar-refractivity contribution in [2.24, 2.45) is 0 Å². The van der Waals surface area contributed by atoms with Gasteiger partial charge in [0, 0.05) is 23.6 Å². The number of pyridine rings is 1. The lowest BCUT2D eigenvalue weighted by Crippen LogP contribution is -2.20. The van der Waals surface area contributed by atoms with E-state index < -0.39 is 0 Å². The van der Waals surface area contributed by atoms with Gasteiger partial charge in [0.25, 0.3) is 0 Å². The van der Waals surface area contributed by atoms with Crippen molar-refractivity contribution in [1.82, 2.24) is 25.2 Å². The molecular weight excluding hydrogens is 280 g/mol. The summed E-state index contributed by atoms with van der Waals surface area (Å²) in [5, 5.41) is 14.8. The van der Waals surface area contributed by atoms with Crippen LogP contribution in [-0.4, -0.2) is 31.1 Å². The molecule has 0 aliphatic rings. The van der Waals surface area contributed by atoms with Gasteiger partial charge in [-0.3, -0.25) is 9.78 Å². The fraction of sp³-hybridized carbons (Fsp3) is 0.133. The van der Waals surface area contributed by atoms with Gasteiger partial charge in [-0.15, -0.1) is 10.2 Å². The first kappa shape index (κ1) is 13.9. The zero-order valence-electron chi connectivity index (χ0n) is 12.0. The maximum absolute atomic E-state index is 12.0. The Balaban J connectivity index is 1.68. The molecule has 1 N–H and O–H groups in total. The summed E-state index contributed by atoms with van der Waals surface area (Å²) in [5.41, 5.74) is 2.59. The first-order valence-corrected chi connectivity index (χ1v) is 6.76. The number of carbonyl (C=O) groups excluding carboxylic acids is 1. The van der Waals surface area contributed by atoms with Gasteiger partial charge in [0.1, 0.15) is 6.54 Å². The maximum atomic E-state index is 12.0. The van der Waals surface area contributed by atoms with E-state index in [1.54, 1.807) is 24.5 Å². The van der Waals surface area contributed by atoms with Gasteiger partial charge in [-0.05, 0) is 35.9 Å². The predicted molar refractivity (Wildman–Crippen MR) is 80.9 cm³/mol. The summed E-state index contributed by atoms with van der Waals surface area (Å²) >= 11 is 0. The van der Waals surface area contributed by atoms with E-state index in [-0.39, 0.29) is 12.5 Å². The fourth-order valence-electron chi connectivity index (χ4n) is 1.96. The average Bonchev–Trinajstić information content (AvgIpc) is 2.99. The summed E-state index contributed by atoms with van der Waals surface area (Å²) in [6, 6.07) is 11.2. The minimum Gasteiger partial charge on any atom is -0.324 e. The van der Waals surface area contributed by atoms with E-state index in [9.17, 15) is 4.79 Å². The Hall–Kier alpha value is -3.09. The number of carbonyl (C=O) groups is 1. The van der Waals surface area contributed by atoms with Crippen molar-refractivity contribution in [3.8, 4) is 11.4 Å². The third-order valence-electron chi connectivity index (χ3n) is 3.10. The van der Waals surface area contributed by atoms with Crippen LogP contribution in [0.4, 0.5) is 5.69 Å². The largest absolute Gasteiger partial charge is 0.324 e. The van der Waals surface area contributed by atoms with Crippen LogP contribution in [0.25, 0.3) is 11.4 Å². The van der Waals surface area contributed by atoms with Crippen molar-refractivity contribution in [2.75, 3.05) is 5.32 Å². The Kier molecular flexibility index (Phi) is 3.86. The Bertz CT molecular complexity index is 783. The molecule has 0 unspecified atom stereocenters. The van der Waals surface area contributed by atoms with Gasteiger partial charge >= 0.3 is 0 Å². The van der Waals surface area contributed by atoms with Gasteiger partial charge in [0.05, 0.1) is 0 Å². The standard InChI is InChI=1S/C15H14N6O/c1-11-4-2-3-5-13(11)17-14(22)10-21-19-15(18-20-21)12-6-8-16-9-7-12/h2-9H,10H2,1H3,(H,17,22). The number of nitrogens with zero attached hydrogens (tertiary/aromatic N) is 5. The summed E-state index contributed by atoms with van der Waals surface area (Å²) in [6.07, 6.45) is 3.31. The number of nitrogens with one attached hydrogen (secondary N) is 1. The molecule has 0 aliphatic carbocycles. The molecule has 7 nitrogen and oxygen atoms in total. The minimum absolute atomic E-state index is 0.00637. The second kappa shape index (κ2) is 6.13. The van der Waals surface area contributed by atoms with Crippen LogP contribution >= 0.6 is 0 Å². The summed E-state index contributed by atoms with van der Waals surface area (Å²) in [7, 11) is 0. The summed E-state index contributed by atoms with van der Waals surface area (Å²) in [5.74, 6) is 0.263. The Morgan fingerprint density at radius 2 is 1.95 bits per heavy atom. The molecule has 2 heterocycles. The highest BCUT2D eigenvalue weighted by Crippen LogP contribution is 2.13. The Morgan fingerprint density at radius 3 is 2.73 bits per heavy atom. The highest BCUT2D eigenvalue weighted by molar-refractivity contribution is 5.91. The third kappa shape index (κ3) is 3.14. The van der Waals surface area contributed by atoms with Crippen molar-refractivity contribution in [1.29, 1.82) is 0 Å². The van der Waals surface area contributed by atoms with E-state index in [0.29, 0.717) is 5.82 Å². The summed E-state index contributed by atoms with van der Waals surface area (Å²) in [4.78, 5) is 17.2. The lowest BCUT2D eigenvalue weighted by Gasteiger charge is -2.06. The van der Waals surface area contributed by atoms with Crippen LogP contribution in [0.15, 0.2) is 48.8 Å². The number of benzene rings is 1. The minimum atomic E-state index is -0.201. The van der Waals surface area contributed by atoms with Crippen molar-refractivity contribution in [3.05, 3.63) is 54.4 Å². The van der Waals surface area contributed by atoms with E-state index in [1.165, 1.54) is 4.80 Å². The normalized spacial score (nSPS) is 10.4. The SMILES string of the molecule is Cc1ccccc1NC(=O)Cn1nnc(-c2ccncc2)n1. The fourth-order valence-corrected chi connectivity index (χ4v) is 1.96. The van der Waals surface area contributed by atoms with Crippen LogP contribution in [-0.2, 0) is 11.3 Å². The lowest BCUT2D eigenvalue weighted by molar-refractivity contribution is -0.117. The molecule has 1 aromatic carbocycles. The van der Waals surface area contributed by atoms with Crippen LogP contribution in [0.3, 0.4) is 0 Å². The van der Waals surface area contributed by atoms with Gasteiger partial charge < -0.3 is 5.32 Å². The smallest absolute Gasteiger partial charge is 0.248 e. The van der Waals surface area contributed by atoms with Crippen LogP contribution in [0.2, 0.25) is 0 Å². The molecule has 22 heavy (non-hydrogen) atoms. The number of anilines is 1. The molecule has 3 rings (SSSR count). The maximum Gasteiger partial charge on any atom is 0.248 e. The topological polar surface area (TPSA) is 85.6 Å². The van der Waals surface area contributed by atoms with Gasteiger partial charge in [0.15, 0.2) is 0 Å². The molecular formula is C15H14N6O. The number of hydrogen-bond donors (Lipinski definition) is 1. The number of hydrogen-bond acceptors (Lipinski definition) is 5. The van der Waals surface area contributed by atoms with Gasteiger partial charge in [0.2, 0.25) is 11.7 Å². The molecule has 0 bridgehead atoms. The molecule has 0 atom stereocenters. The number of tetrazole rings is 1. The number of para-hydroxylation sites is 1. The highest BCUT2D eigenvalue weighted by atomic mass is 16.2. The highest BCUT2D eigenvalue weighted by Gasteiger charge is 2.10. The van der Waals surface area contributed by atoms with E-state index in [4.69, 9.17) is 0 Å². The molecule has 0 radical (unpaired) electrons. The second-order valence-corrected chi connectivity index (χ2v) is 4.74. The van der Waals surface area contributed by atoms with Crippen LogP contribution in [0, 0.1) is 6.92 Å². The zero-order chi connectivity index (χ0) is 15.4. The first-order chi connectivity index (χ1) is 10.7. The second-order valence-electron chi connectivity index (χ2n) is 4.74. The molecule has 1 amide bonds. The molecule has 2 aromatic heterocycles. The van der Waals surface area contributed by atoms with Crippen molar-refractivity contribution in [2.45, 2.75) is 13.5 Å². The molecule has 3 aromatic rings. The summed E-state index contributed by atoms with van der Waals surface area (Å²) < 4.78 is 0. The average molecular weight is 294 g/mol. The molecule has 0 fully saturated rings. The van der Waals surface area contributed by atoms with E-state index in [0.717, 1.165) is 16.8 Å². The quantitative estimate of drug-likeness (QED) is 0.791. The lowest BCUT2D eigenvalue weighted by atomic mass is 10.2. The molecule has 0 spiro atoms. The molecule has 7 heteroatoms. The number of rotatable bonds is 4. The van der Waals surface area contributed by atoms with Crippen LogP contribution in [0.1, 0.15) is 5.56 Å². The zero-order valence-corrected chi connectivity index (χ0v) is 12.0. The van der Waals surface area contributed by atoms with Crippen molar-refractivity contribution >= 4 is 11.6 Å². The Morgan fingerprint density at radius 1 is 1.18 bits per heavy atom. The van der Waals surface area contributed by atoms with Gasteiger partial charge in [-0.25, -0.2) is 0 Å². The first-order valence-electron chi connectivity index (χ1n) is 6.76. The van der Waals surface area contributed by atoms with Crippen molar-refractivity contribution < 1.29 is 4.79 Å². The van der Waals surface area contributed by atoms with Crippen LogP contribution in [0.5, 0.6) is 0 Å². The molecule has 0 aliphatic heterocycles. The van der Waals surface area contributed by atoms with E-state index in [2.05, 4.69) is 25.7 Å². The Labute approximate surface area is 127 Å². The van der Waals surface area contributed by atoms with Crippen molar-refractivity contribution in [3.63, 3.8) is 0 Å². The molecule has 110 valence electrons. The predicted octanol–water partition coefficient (Wildman–Crippen LogP) is 1.68. The number of aromatic nitrogens is 5. The molecule has 0 saturated heterocycles. The van der Waals surface area contributed by atoms with Gasteiger partial charge in [-0.1, -0.05) is 18.2 Å². The third-order valence-corrected chi connectivity index (χ3v) is 3.10. The van der Waals surface area contributed by atoms with Crippen LogP contribution < -0.4 is 5.32 Å². The monoisotopic (exact) mass is 294 g/mol.